The van der Waals surface area contributed by atoms with E-state index in [2.05, 4.69) is 20.5 Å². The van der Waals surface area contributed by atoms with Gasteiger partial charge in [0.1, 0.15) is 0 Å². The molecule has 6 rings (SSSR count). The van der Waals surface area contributed by atoms with Crippen molar-refractivity contribution in [2.24, 2.45) is 30.7 Å². The molecule has 54 heavy (non-hydrogen) atoms. The molecule has 0 bridgehead atoms. The van der Waals surface area contributed by atoms with E-state index in [4.69, 9.17) is 56.7 Å². The van der Waals surface area contributed by atoms with Crippen LogP contribution in [0.15, 0.2) is 115 Å². The topological polar surface area (TPSA) is 262 Å². The maximum absolute atomic E-state index is 12.5. The maximum Gasteiger partial charge on any atom is 3.00 e. The van der Waals surface area contributed by atoms with Gasteiger partial charge < -0.3 is 20.4 Å². The number of hydrogen-bond donors (Lipinski definition) is 2. The molecule has 0 fully saturated rings. The summed E-state index contributed by atoms with van der Waals surface area (Å²) in [5, 5.41) is 76.3. The smallest absolute Gasteiger partial charge is 0.871 e. The molecule has 0 saturated carbocycles. The number of primary sulfonamides is 2. The predicted molar refractivity (Wildman–Crippen MR) is 190 cm³/mol. The van der Waals surface area contributed by atoms with Crippen LogP contribution in [0.5, 0.6) is 23.0 Å². The van der Waals surface area contributed by atoms with Crippen molar-refractivity contribution in [3.8, 4) is 23.0 Å². The standard InChI is InChI=1S/2C16H11Cl2N3O4S.Cr.Na/c2*17-10-3-4-11(18)15-9(10)2-6-13(16(15)23)21-20-12-5-1-8(7-14(12)22)26(19,24)25;;/h2*1-7,22-23H,(H2,19,24,25);;/q;;+3;+1/p-4. The molecular formula is C32H18Cl4CrN6NaO8S2. The Balaban J connectivity index is 0.000000280. The second kappa shape index (κ2) is 18.1. The van der Waals surface area contributed by atoms with Gasteiger partial charge in [-0.1, -0.05) is 81.5 Å². The van der Waals surface area contributed by atoms with E-state index in [0.717, 1.165) is 36.4 Å². The SMILES string of the molecule is NS(=O)(=O)c1ccc(N=Nc2ccc3c(Cl)ccc(Cl)c3c2[O-])c([O-])c1.NS(=O)(=O)c1ccc(N=Nc2ccc3c(Cl)ccc(Cl)c3c2[O-])c([O-])c1.[Cr+3].[Na+]. The van der Waals surface area contributed by atoms with Crippen LogP contribution in [0.2, 0.25) is 20.1 Å². The van der Waals surface area contributed by atoms with E-state index >= 15 is 0 Å². The number of rotatable bonds is 6. The molecule has 0 aliphatic carbocycles. The first kappa shape index (κ1) is 45.1. The first-order valence-corrected chi connectivity index (χ1v) is 18.6. The summed E-state index contributed by atoms with van der Waals surface area (Å²) in [4.78, 5) is -0.670. The molecule has 22 heteroatoms. The zero-order valence-corrected chi connectivity index (χ0v) is 35.0. The average molecular weight is 895 g/mol. The minimum Gasteiger partial charge on any atom is -0.871 e. The zero-order valence-electron chi connectivity index (χ0n) is 27.0. The molecule has 6 aromatic carbocycles. The van der Waals surface area contributed by atoms with Crippen LogP contribution < -0.4 is 60.3 Å². The molecule has 0 atom stereocenters. The van der Waals surface area contributed by atoms with Gasteiger partial charge in [-0.15, -0.1) is 0 Å². The third-order valence-corrected chi connectivity index (χ3v) is 10.2. The summed E-state index contributed by atoms with van der Waals surface area (Å²) in [5.41, 5.74) is -0.378. The van der Waals surface area contributed by atoms with Crippen molar-refractivity contribution in [1.82, 2.24) is 0 Å². The fraction of sp³-hybridized carbons (Fsp3) is 0. The van der Waals surface area contributed by atoms with Crippen molar-refractivity contribution < 1.29 is 84.2 Å². The summed E-state index contributed by atoms with van der Waals surface area (Å²) in [6.45, 7) is 0. The van der Waals surface area contributed by atoms with Crippen LogP contribution in [0.1, 0.15) is 0 Å². The normalized spacial score (nSPS) is 11.7. The monoisotopic (exact) mass is 893 g/mol. The number of sulfonamides is 2. The van der Waals surface area contributed by atoms with Gasteiger partial charge in [0.05, 0.1) is 32.5 Å². The molecule has 0 aromatic heterocycles. The van der Waals surface area contributed by atoms with Gasteiger partial charge in [0.2, 0.25) is 20.0 Å². The molecule has 0 spiro atoms. The second-order valence-corrected chi connectivity index (χ2v) is 15.2. The summed E-state index contributed by atoms with van der Waals surface area (Å²) in [5.74, 6) is -2.39. The van der Waals surface area contributed by atoms with Gasteiger partial charge in [-0.25, -0.2) is 27.1 Å². The minimum atomic E-state index is -4.00. The van der Waals surface area contributed by atoms with E-state index in [9.17, 15) is 37.3 Å². The van der Waals surface area contributed by atoms with Crippen molar-refractivity contribution in [2.75, 3.05) is 0 Å². The molecule has 0 unspecified atom stereocenters. The van der Waals surface area contributed by atoms with E-state index in [1.54, 1.807) is 24.3 Å². The van der Waals surface area contributed by atoms with Crippen molar-refractivity contribution >= 4 is 111 Å². The van der Waals surface area contributed by atoms with Gasteiger partial charge in [0.25, 0.3) is 0 Å². The van der Waals surface area contributed by atoms with Crippen molar-refractivity contribution in [3.05, 3.63) is 105 Å². The molecule has 271 valence electrons. The second-order valence-electron chi connectivity index (χ2n) is 10.5. The van der Waals surface area contributed by atoms with E-state index in [-0.39, 0.29) is 100 Å². The van der Waals surface area contributed by atoms with Crippen LogP contribution in [0.3, 0.4) is 0 Å². The number of nitrogens with zero attached hydrogens (tertiary/aromatic N) is 4. The molecule has 0 saturated heterocycles. The van der Waals surface area contributed by atoms with Crippen LogP contribution in [0.4, 0.5) is 22.7 Å². The van der Waals surface area contributed by atoms with Crippen LogP contribution in [-0.4, -0.2) is 16.8 Å². The van der Waals surface area contributed by atoms with Gasteiger partial charge in [0, 0.05) is 30.9 Å². The molecule has 14 nitrogen and oxygen atoms in total. The molecular weight excluding hydrogens is 877 g/mol. The Hall–Kier alpha value is -3.25. The summed E-state index contributed by atoms with van der Waals surface area (Å²) in [6, 6.07) is 18.3. The van der Waals surface area contributed by atoms with E-state index in [0.29, 0.717) is 20.8 Å². The van der Waals surface area contributed by atoms with Gasteiger partial charge in [-0.3, -0.25) is 0 Å². The summed E-state index contributed by atoms with van der Waals surface area (Å²) < 4.78 is 44.9. The number of hydrogen-bond acceptors (Lipinski definition) is 12. The van der Waals surface area contributed by atoms with Crippen molar-refractivity contribution in [3.63, 3.8) is 0 Å². The summed E-state index contributed by atoms with van der Waals surface area (Å²) in [6.07, 6.45) is 0. The third kappa shape index (κ3) is 10.1. The fourth-order valence-electron chi connectivity index (χ4n) is 4.54. The predicted octanol–water partition coefficient (Wildman–Crippen LogP) is 3.71. The number of azo groups is 2. The number of benzene rings is 6. The molecule has 0 amide bonds. The zero-order chi connectivity index (χ0) is 38.1. The largest absolute Gasteiger partial charge is 3.00 e. The summed E-state index contributed by atoms with van der Waals surface area (Å²) >= 11 is 24.2. The van der Waals surface area contributed by atoms with Gasteiger partial charge in [-0.2, -0.15) is 20.5 Å². The van der Waals surface area contributed by atoms with Gasteiger partial charge >= 0.3 is 46.9 Å². The molecule has 0 aliphatic heterocycles. The Morgan fingerprint density at radius 2 is 0.759 bits per heavy atom. The quantitative estimate of drug-likeness (QED) is 0.183. The fourth-order valence-corrected chi connectivity index (χ4v) is 6.54. The molecule has 4 N–H and O–H groups in total. The van der Waals surface area contributed by atoms with E-state index < -0.39 is 43.0 Å². The van der Waals surface area contributed by atoms with E-state index in [1.165, 1.54) is 24.3 Å². The van der Waals surface area contributed by atoms with Gasteiger partial charge in [0.15, 0.2) is 0 Å². The van der Waals surface area contributed by atoms with Crippen molar-refractivity contribution in [2.45, 2.75) is 9.79 Å². The molecule has 6 aromatic rings. The van der Waals surface area contributed by atoms with Crippen LogP contribution in [-0.2, 0) is 37.4 Å². The van der Waals surface area contributed by atoms with Crippen LogP contribution >= 0.6 is 46.4 Å². The van der Waals surface area contributed by atoms with Gasteiger partial charge in [-0.05, 0) is 83.6 Å². The Labute approximate surface area is 360 Å². The minimum absolute atomic E-state index is 0. The van der Waals surface area contributed by atoms with Crippen molar-refractivity contribution in [1.29, 1.82) is 0 Å². The Morgan fingerprint density at radius 1 is 0.463 bits per heavy atom. The summed E-state index contributed by atoms with van der Waals surface area (Å²) in [7, 11) is -8.00. The number of fused-ring (bicyclic) bond motifs is 2. The molecule has 0 heterocycles. The third-order valence-electron chi connectivity index (χ3n) is 7.07. The Bertz CT molecular complexity index is 2530. The number of halogens is 4. The first-order chi connectivity index (χ1) is 24.4. The average Bonchev–Trinajstić information content (AvgIpc) is 3.07. The number of nitrogens with two attached hydrogens (primary N) is 2. The van der Waals surface area contributed by atoms with E-state index in [1.807, 2.05) is 0 Å². The van der Waals surface area contributed by atoms with Crippen LogP contribution in [0.25, 0.3) is 21.5 Å². The molecule has 1 radical (unpaired) electrons. The Kier molecular flexibility index (Phi) is 15.2. The first-order valence-electron chi connectivity index (χ1n) is 14.0. The molecule has 0 aliphatic rings. The Morgan fingerprint density at radius 3 is 1.07 bits per heavy atom. The van der Waals surface area contributed by atoms with Crippen LogP contribution in [0, 0.1) is 0 Å². The maximum atomic E-state index is 12.5.